The lowest BCUT2D eigenvalue weighted by Gasteiger charge is -2.10. The lowest BCUT2D eigenvalue weighted by atomic mass is 10.1. The maximum Gasteiger partial charge on any atom is 0.256 e. The Labute approximate surface area is 149 Å². The Balaban J connectivity index is 1.86. The van der Waals surface area contributed by atoms with E-state index in [1.54, 1.807) is 18.2 Å². The van der Waals surface area contributed by atoms with Gasteiger partial charge in [0.15, 0.2) is 0 Å². The molecular formula is C18H15Cl2N3O. The van der Waals surface area contributed by atoms with Crippen molar-refractivity contribution >= 4 is 34.8 Å². The minimum atomic E-state index is -0.158. The van der Waals surface area contributed by atoms with Crippen LogP contribution in [0.4, 0.5) is 11.6 Å². The molecule has 6 heteroatoms. The van der Waals surface area contributed by atoms with Gasteiger partial charge in [0.05, 0.1) is 15.7 Å². The van der Waals surface area contributed by atoms with Gasteiger partial charge in [-0.05, 0) is 30.7 Å². The fraction of sp³-hybridized carbons (Fsp3) is 0.111. The highest BCUT2D eigenvalue weighted by atomic mass is 35.5. The van der Waals surface area contributed by atoms with E-state index in [1.807, 2.05) is 37.3 Å². The molecule has 0 saturated carbocycles. The second-order valence-corrected chi connectivity index (χ2v) is 6.21. The Bertz CT molecular complexity index is 923. The normalized spacial score (nSPS) is 10.6. The maximum absolute atomic E-state index is 12.4. The number of halogens is 2. The van der Waals surface area contributed by atoms with Crippen LogP contribution in [0, 0.1) is 6.92 Å². The predicted octanol–water partition coefficient (Wildman–Crippen LogP) is 4.72. The molecule has 0 atom stereocenters. The lowest BCUT2D eigenvalue weighted by molar-refractivity contribution is 0.986. The highest BCUT2D eigenvalue weighted by molar-refractivity contribution is 6.42. The van der Waals surface area contributed by atoms with E-state index in [1.165, 1.54) is 0 Å². The van der Waals surface area contributed by atoms with E-state index in [-0.39, 0.29) is 5.56 Å². The van der Waals surface area contributed by atoms with E-state index in [0.717, 1.165) is 5.56 Å². The van der Waals surface area contributed by atoms with Crippen LogP contribution >= 0.6 is 23.2 Å². The van der Waals surface area contributed by atoms with Crippen molar-refractivity contribution in [1.82, 2.24) is 9.97 Å². The van der Waals surface area contributed by atoms with Crippen molar-refractivity contribution in [1.29, 1.82) is 0 Å². The molecule has 2 aromatic carbocycles. The molecule has 24 heavy (non-hydrogen) atoms. The number of H-pyrrole nitrogens is 1. The molecule has 1 aromatic heterocycles. The van der Waals surface area contributed by atoms with Gasteiger partial charge >= 0.3 is 0 Å². The van der Waals surface area contributed by atoms with Gasteiger partial charge in [-0.1, -0.05) is 53.5 Å². The molecule has 0 unspecified atom stereocenters. The second-order valence-electron chi connectivity index (χ2n) is 5.39. The minimum absolute atomic E-state index is 0.158. The van der Waals surface area contributed by atoms with Crippen LogP contribution in [0.1, 0.15) is 16.8 Å². The van der Waals surface area contributed by atoms with E-state index < -0.39 is 0 Å². The number of aromatic amines is 1. The molecule has 0 saturated heterocycles. The third kappa shape index (κ3) is 3.78. The topological polar surface area (TPSA) is 57.8 Å². The quantitative estimate of drug-likeness (QED) is 0.708. The zero-order chi connectivity index (χ0) is 17.1. The van der Waals surface area contributed by atoms with Gasteiger partial charge in [-0.15, -0.1) is 0 Å². The molecule has 0 spiro atoms. The van der Waals surface area contributed by atoms with E-state index in [0.29, 0.717) is 39.4 Å². The van der Waals surface area contributed by atoms with Gasteiger partial charge in [0.2, 0.25) is 5.95 Å². The van der Waals surface area contributed by atoms with Gasteiger partial charge in [-0.3, -0.25) is 9.78 Å². The number of aromatic nitrogens is 2. The van der Waals surface area contributed by atoms with Crippen molar-refractivity contribution in [3.05, 3.63) is 85.8 Å². The average molecular weight is 360 g/mol. The van der Waals surface area contributed by atoms with Crippen molar-refractivity contribution in [3.8, 4) is 0 Å². The van der Waals surface area contributed by atoms with E-state index in [2.05, 4.69) is 15.3 Å². The highest BCUT2D eigenvalue weighted by Crippen LogP contribution is 2.26. The van der Waals surface area contributed by atoms with E-state index in [4.69, 9.17) is 23.2 Å². The fourth-order valence-electron chi connectivity index (χ4n) is 2.39. The molecule has 3 rings (SSSR count). The van der Waals surface area contributed by atoms with Crippen molar-refractivity contribution in [2.24, 2.45) is 0 Å². The molecule has 0 fully saturated rings. The standard InChI is InChI=1S/C18H15Cl2N3O/c1-11-14(9-12-5-3-2-4-6-12)17(24)23-18(21-11)22-13-7-8-15(19)16(20)10-13/h2-8,10H,9H2,1H3,(H2,21,22,23,24). The number of rotatable bonds is 4. The Kier molecular flexibility index (Phi) is 4.88. The summed E-state index contributed by atoms with van der Waals surface area (Å²) in [6.07, 6.45) is 0.544. The predicted molar refractivity (Wildman–Crippen MR) is 98.6 cm³/mol. The van der Waals surface area contributed by atoms with Crippen molar-refractivity contribution in [2.75, 3.05) is 5.32 Å². The fourth-order valence-corrected chi connectivity index (χ4v) is 2.69. The Morgan fingerprint density at radius 1 is 1.08 bits per heavy atom. The molecule has 0 radical (unpaired) electrons. The van der Waals surface area contributed by atoms with E-state index >= 15 is 0 Å². The third-order valence-electron chi connectivity index (χ3n) is 3.63. The number of nitrogens with zero attached hydrogens (tertiary/aromatic N) is 1. The molecular weight excluding hydrogens is 345 g/mol. The molecule has 0 amide bonds. The Morgan fingerprint density at radius 3 is 2.50 bits per heavy atom. The zero-order valence-electron chi connectivity index (χ0n) is 12.9. The molecule has 0 aliphatic heterocycles. The number of aryl methyl sites for hydroxylation is 1. The summed E-state index contributed by atoms with van der Waals surface area (Å²) < 4.78 is 0. The first kappa shape index (κ1) is 16.6. The average Bonchev–Trinajstić information content (AvgIpc) is 2.55. The molecule has 122 valence electrons. The monoisotopic (exact) mass is 359 g/mol. The molecule has 4 nitrogen and oxygen atoms in total. The van der Waals surface area contributed by atoms with Crippen LogP contribution in [0.15, 0.2) is 53.3 Å². The first-order valence-electron chi connectivity index (χ1n) is 7.39. The number of anilines is 2. The SMILES string of the molecule is Cc1nc(Nc2ccc(Cl)c(Cl)c2)[nH]c(=O)c1Cc1ccccc1. The van der Waals surface area contributed by atoms with Gasteiger partial charge in [-0.2, -0.15) is 0 Å². The van der Waals surface area contributed by atoms with Crippen LogP contribution in [0.2, 0.25) is 10.0 Å². The summed E-state index contributed by atoms with van der Waals surface area (Å²) in [5.74, 6) is 0.368. The van der Waals surface area contributed by atoms with Crippen LogP contribution in [-0.4, -0.2) is 9.97 Å². The highest BCUT2D eigenvalue weighted by Gasteiger charge is 2.09. The summed E-state index contributed by atoms with van der Waals surface area (Å²) in [7, 11) is 0. The van der Waals surface area contributed by atoms with Gasteiger partial charge in [0.1, 0.15) is 0 Å². The largest absolute Gasteiger partial charge is 0.326 e. The van der Waals surface area contributed by atoms with E-state index in [9.17, 15) is 4.79 Å². The molecule has 0 aliphatic carbocycles. The van der Waals surface area contributed by atoms with Gasteiger partial charge in [-0.25, -0.2) is 4.98 Å². The van der Waals surface area contributed by atoms with Crippen LogP contribution in [0.5, 0.6) is 0 Å². The summed E-state index contributed by atoms with van der Waals surface area (Å²) in [5, 5.41) is 3.94. The Hall–Kier alpha value is -2.30. The number of hydrogen-bond acceptors (Lipinski definition) is 3. The summed E-state index contributed by atoms with van der Waals surface area (Å²) >= 11 is 11.9. The zero-order valence-corrected chi connectivity index (χ0v) is 14.4. The molecule has 2 N–H and O–H groups in total. The third-order valence-corrected chi connectivity index (χ3v) is 4.37. The number of nitrogens with one attached hydrogen (secondary N) is 2. The number of benzene rings is 2. The van der Waals surface area contributed by atoms with Crippen molar-refractivity contribution < 1.29 is 0 Å². The lowest BCUT2D eigenvalue weighted by Crippen LogP contribution is -2.18. The van der Waals surface area contributed by atoms with Crippen LogP contribution in [0.25, 0.3) is 0 Å². The summed E-state index contributed by atoms with van der Waals surface area (Å²) in [6, 6.07) is 14.9. The molecule has 1 heterocycles. The van der Waals surface area contributed by atoms with Crippen molar-refractivity contribution in [2.45, 2.75) is 13.3 Å². The first-order chi connectivity index (χ1) is 11.5. The van der Waals surface area contributed by atoms with Gasteiger partial charge in [0.25, 0.3) is 5.56 Å². The van der Waals surface area contributed by atoms with Gasteiger partial charge in [0, 0.05) is 17.7 Å². The minimum Gasteiger partial charge on any atom is -0.326 e. The van der Waals surface area contributed by atoms with Crippen LogP contribution in [-0.2, 0) is 6.42 Å². The maximum atomic E-state index is 12.4. The molecule has 0 aliphatic rings. The van der Waals surface area contributed by atoms with Gasteiger partial charge < -0.3 is 5.32 Å². The smallest absolute Gasteiger partial charge is 0.256 e. The van der Waals surface area contributed by atoms with Crippen LogP contribution < -0.4 is 10.9 Å². The summed E-state index contributed by atoms with van der Waals surface area (Å²) in [5.41, 5.74) is 2.95. The Morgan fingerprint density at radius 2 is 1.83 bits per heavy atom. The summed E-state index contributed by atoms with van der Waals surface area (Å²) in [4.78, 5) is 19.6. The summed E-state index contributed by atoms with van der Waals surface area (Å²) in [6.45, 7) is 1.83. The number of hydrogen-bond donors (Lipinski definition) is 2. The second kappa shape index (κ2) is 7.07. The molecule has 0 bridgehead atoms. The van der Waals surface area contributed by atoms with Crippen LogP contribution in [0.3, 0.4) is 0 Å². The molecule has 3 aromatic rings. The first-order valence-corrected chi connectivity index (χ1v) is 8.14. The van der Waals surface area contributed by atoms with Crippen molar-refractivity contribution in [3.63, 3.8) is 0 Å².